The summed E-state index contributed by atoms with van der Waals surface area (Å²) in [6.07, 6.45) is 0. The topological polar surface area (TPSA) is 3.24 Å². The Morgan fingerprint density at radius 1 is 1.33 bits per heavy atom. The van der Waals surface area contributed by atoms with Crippen molar-refractivity contribution < 1.29 is 0 Å². The van der Waals surface area contributed by atoms with Crippen molar-refractivity contribution >= 4 is 17.4 Å². The number of hydrogen-bond acceptors (Lipinski definition) is 1. The summed E-state index contributed by atoms with van der Waals surface area (Å²) >= 11 is 0. The van der Waals surface area contributed by atoms with Crippen molar-refractivity contribution in [2.24, 2.45) is 0 Å². The van der Waals surface area contributed by atoms with Gasteiger partial charge in [-0.05, 0) is 20.6 Å². The van der Waals surface area contributed by atoms with Crippen LogP contribution in [0.3, 0.4) is 0 Å². The van der Waals surface area contributed by atoms with E-state index in [1.807, 2.05) is 0 Å². The van der Waals surface area contributed by atoms with Crippen LogP contribution in [0.25, 0.3) is 0 Å². The fraction of sp³-hybridized carbons (Fsp3) is 1.00. The summed E-state index contributed by atoms with van der Waals surface area (Å²) in [6.45, 7) is 3.26. The Labute approximate surface area is 50.5 Å². The zero-order chi connectivity index (χ0) is 4.28. The first-order chi connectivity index (χ1) is 2.27. The summed E-state index contributed by atoms with van der Waals surface area (Å²) < 4.78 is 0. The third-order valence-electron chi connectivity index (χ3n) is 0.632. The number of rotatable bonds is 1. The third kappa shape index (κ3) is 8.82. The van der Waals surface area contributed by atoms with Crippen LogP contribution < -0.4 is 0 Å². The van der Waals surface area contributed by atoms with Crippen molar-refractivity contribution in [3.8, 4) is 0 Å². The van der Waals surface area contributed by atoms with Crippen molar-refractivity contribution in [3.05, 3.63) is 0 Å². The second-order valence-corrected chi connectivity index (χ2v) is 1.40. The SMILES string of the molecule is CCN(C)C.[Al+3]. The van der Waals surface area contributed by atoms with Gasteiger partial charge in [-0.25, -0.2) is 0 Å². The molecule has 0 saturated heterocycles. The molecule has 32 valence electrons. The molecule has 0 aromatic rings. The molecule has 0 spiro atoms. The van der Waals surface area contributed by atoms with E-state index in [1.54, 1.807) is 0 Å². The second kappa shape index (κ2) is 5.49. The molecular formula is C4H11AlN+3. The molecule has 0 saturated carbocycles. The van der Waals surface area contributed by atoms with E-state index < -0.39 is 0 Å². The van der Waals surface area contributed by atoms with Crippen molar-refractivity contribution in [2.75, 3.05) is 20.6 Å². The first kappa shape index (κ1) is 9.70. The molecule has 0 aliphatic carbocycles. The van der Waals surface area contributed by atoms with Gasteiger partial charge in [0.1, 0.15) is 0 Å². The molecule has 0 heterocycles. The van der Waals surface area contributed by atoms with E-state index >= 15 is 0 Å². The summed E-state index contributed by atoms with van der Waals surface area (Å²) in [5.74, 6) is 0. The molecule has 0 aromatic carbocycles. The van der Waals surface area contributed by atoms with Gasteiger partial charge in [0.25, 0.3) is 0 Å². The van der Waals surface area contributed by atoms with E-state index in [-0.39, 0.29) is 17.4 Å². The Balaban J connectivity index is 0. The molecule has 0 bridgehead atoms. The summed E-state index contributed by atoms with van der Waals surface area (Å²) in [7, 11) is 4.11. The Bertz CT molecular complexity index is 21.5. The summed E-state index contributed by atoms with van der Waals surface area (Å²) in [4.78, 5) is 2.12. The van der Waals surface area contributed by atoms with E-state index in [2.05, 4.69) is 25.9 Å². The predicted octanol–water partition coefficient (Wildman–Crippen LogP) is 0.187. The smallest absolute Gasteiger partial charge is 0.310 e. The maximum absolute atomic E-state index is 2.12. The third-order valence-corrected chi connectivity index (χ3v) is 0.632. The van der Waals surface area contributed by atoms with E-state index in [0.717, 1.165) is 6.54 Å². The predicted molar refractivity (Wildman–Crippen MR) is 30.0 cm³/mol. The summed E-state index contributed by atoms with van der Waals surface area (Å²) in [5.41, 5.74) is 0. The molecule has 0 radical (unpaired) electrons. The minimum Gasteiger partial charge on any atom is -0.310 e. The monoisotopic (exact) mass is 100 g/mol. The fourth-order valence-electron chi connectivity index (χ4n) is 0. The Morgan fingerprint density at radius 2 is 1.50 bits per heavy atom. The van der Waals surface area contributed by atoms with Gasteiger partial charge in [-0.1, -0.05) is 6.92 Å². The van der Waals surface area contributed by atoms with Crippen molar-refractivity contribution in [1.29, 1.82) is 0 Å². The van der Waals surface area contributed by atoms with Crippen LogP contribution in [0.4, 0.5) is 0 Å². The van der Waals surface area contributed by atoms with Crippen LogP contribution in [0.5, 0.6) is 0 Å². The molecular weight excluding hydrogens is 89.0 g/mol. The largest absolute Gasteiger partial charge is 3.00 e. The van der Waals surface area contributed by atoms with Gasteiger partial charge in [0, 0.05) is 0 Å². The van der Waals surface area contributed by atoms with Gasteiger partial charge in [-0.3, -0.25) is 0 Å². The molecule has 0 fully saturated rings. The average molecular weight is 100 g/mol. The van der Waals surface area contributed by atoms with E-state index in [1.165, 1.54) is 0 Å². The number of nitrogens with zero attached hydrogens (tertiary/aromatic N) is 1. The van der Waals surface area contributed by atoms with Gasteiger partial charge in [-0.15, -0.1) is 0 Å². The summed E-state index contributed by atoms with van der Waals surface area (Å²) in [6, 6.07) is 0. The fourth-order valence-corrected chi connectivity index (χ4v) is 0. The van der Waals surface area contributed by atoms with Crippen LogP contribution in [-0.4, -0.2) is 42.9 Å². The van der Waals surface area contributed by atoms with Crippen LogP contribution in [0.15, 0.2) is 0 Å². The zero-order valence-corrected chi connectivity index (χ0v) is 5.89. The van der Waals surface area contributed by atoms with Gasteiger partial charge in [0.15, 0.2) is 0 Å². The van der Waals surface area contributed by atoms with Gasteiger partial charge in [0.2, 0.25) is 0 Å². The van der Waals surface area contributed by atoms with Gasteiger partial charge in [0.05, 0.1) is 0 Å². The Kier molecular flexibility index (Phi) is 8.88. The molecule has 6 heavy (non-hydrogen) atoms. The molecule has 0 N–H and O–H groups in total. The normalized spacial score (nSPS) is 8.00. The van der Waals surface area contributed by atoms with Gasteiger partial charge in [-0.2, -0.15) is 0 Å². The van der Waals surface area contributed by atoms with Crippen molar-refractivity contribution in [1.82, 2.24) is 4.90 Å². The minimum absolute atomic E-state index is 0. The van der Waals surface area contributed by atoms with Crippen molar-refractivity contribution in [2.45, 2.75) is 6.92 Å². The van der Waals surface area contributed by atoms with E-state index in [0.29, 0.717) is 0 Å². The Hall–Kier alpha value is 0.492. The van der Waals surface area contributed by atoms with Crippen LogP contribution in [0, 0.1) is 0 Å². The van der Waals surface area contributed by atoms with Crippen LogP contribution in [-0.2, 0) is 0 Å². The number of hydrogen-bond donors (Lipinski definition) is 0. The minimum atomic E-state index is 0. The first-order valence-corrected chi connectivity index (χ1v) is 1.92. The zero-order valence-electron chi connectivity index (χ0n) is 4.73. The van der Waals surface area contributed by atoms with E-state index in [9.17, 15) is 0 Å². The standard InChI is InChI=1S/C4H11N.Al/c1-4-5(2)3;/h4H2,1-3H3;/q;+3. The van der Waals surface area contributed by atoms with E-state index in [4.69, 9.17) is 0 Å². The molecule has 0 atom stereocenters. The average Bonchev–Trinajstić information content (AvgIpc) is 1.38. The maximum Gasteiger partial charge on any atom is 3.00 e. The molecule has 0 rings (SSSR count). The molecule has 0 aromatic heterocycles. The maximum atomic E-state index is 2.12. The molecule has 0 amide bonds. The molecule has 1 nitrogen and oxygen atoms in total. The molecule has 0 aliphatic heterocycles. The van der Waals surface area contributed by atoms with Crippen molar-refractivity contribution in [3.63, 3.8) is 0 Å². The van der Waals surface area contributed by atoms with Crippen LogP contribution in [0.2, 0.25) is 0 Å². The first-order valence-electron chi connectivity index (χ1n) is 1.92. The molecule has 2 heteroatoms. The van der Waals surface area contributed by atoms with Crippen LogP contribution >= 0.6 is 0 Å². The molecule has 0 aliphatic rings. The summed E-state index contributed by atoms with van der Waals surface area (Å²) in [5, 5.41) is 0. The van der Waals surface area contributed by atoms with Gasteiger partial charge >= 0.3 is 17.4 Å². The quantitative estimate of drug-likeness (QED) is 0.425. The van der Waals surface area contributed by atoms with Crippen LogP contribution in [0.1, 0.15) is 6.92 Å². The van der Waals surface area contributed by atoms with Gasteiger partial charge < -0.3 is 4.90 Å². The second-order valence-electron chi connectivity index (χ2n) is 1.40. The molecule has 0 unspecified atom stereocenters. The Morgan fingerprint density at radius 3 is 1.50 bits per heavy atom.